The summed E-state index contributed by atoms with van der Waals surface area (Å²) in [6.45, 7) is 2.96. The van der Waals surface area contributed by atoms with Crippen LogP contribution in [0.25, 0.3) is 0 Å². The van der Waals surface area contributed by atoms with Crippen LogP contribution in [-0.2, 0) is 0 Å². The van der Waals surface area contributed by atoms with Gasteiger partial charge in [-0.1, -0.05) is 12.1 Å². The predicted molar refractivity (Wildman–Crippen MR) is 65.6 cm³/mol. The summed E-state index contributed by atoms with van der Waals surface area (Å²) in [7, 11) is 1.93. The number of hydrogen-bond acceptors (Lipinski definition) is 3. The van der Waals surface area contributed by atoms with Crippen molar-refractivity contribution in [3.8, 4) is 6.07 Å². The second-order valence-electron chi connectivity index (χ2n) is 4.27. The molecule has 0 amide bonds. The highest BCUT2D eigenvalue weighted by Gasteiger charge is 2.17. The molecular weight excluding hydrogens is 217 g/mol. The van der Waals surface area contributed by atoms with Crippen LogP contribution < -0.4 is 5.73 Å². The average Bonchev–Trinajstić information content (AvgIpc) is 2.32. The molecular formula is C13H18FN3. The highest BCUT2D eigenvalue weighted by molar-refractivity contribution is 5.20. The summed E-state index contributed by atoms with van der Waals surface area (Å²) in [5.41, 5.74) is 6.72. The van der Waals surface area contributed by atoms with E-state index in [4.69, 9.17) is 11.0 Å². The van der Waals surface area contributed by atoms with E-state index in [0.29, 0.717) is 13.1 Å². The molecule has 0 aliphatic carbocycles. The third-order valence-corrected chi connectivity index (χ3v) is 2.79. The third-order valence-electron chi connectivity index (χ3n) is 2.79. The molecule has 92 valence electrons. The van der Waals surface area contributed by atoms with Crippen molar-refractivity contribution in [1.82, 2.24) is 4.90 Å². The first-order valence-corrected chi connectivity index (χ1v) is 5.64. The average molecular weight is 235 g/mol. The van der Waals surface area contributed by atoms with Crippen LogP contribution in [0.2, 0.25) is 0 Å². The molecule has 17 heavy (non-hydrogen) atoms. The van der Waals surface area contributed by atoms with Crippen LogP contribution >= 0.6 is 0 Å². The van der Waals surface area contributed by atoms with Crippen LogP contribution in [0.15, 0.2) is 24.3 Å². The molecule has 1 aromatic carbocycles. The Bertz CT molecular complexity index is 383. The highest BCUT2D eigenvalue weighted by atomic mass is 19.1. The number of benzene rings is 1. The van der Waals surface area contributed by atoms with E-state index in [1.807, 2.05) is 18.9 Å². The highest BCUT2D eigenvalue weighted by Crippen LogP contribution is 2.19. The lowest BCUT2D eigenvalue weighted by molar-refractivity contribution is 0.233. The molecule has 0 aliphatic heterocycles. The maximum absolute atomic E-state index is 12.8. The van der Waals surface area contributed by atoms with Crippen molar-refractivity contribution >= 4 is 0 Å². The first-order chi connectivity index (χ1) is 8.08. The normalized spacial score (nSPS) is 14.4. The molecule has 0 saturated carbocycles. The van der Waals surface area contributed by atoms with Crippen LogP contribution in [0.1, 0.15) is 18.5 Å². The molecule has 1 aromatic rings. The Labute approximate surface area is 102 Å². The van der Waals surface area contributed by atoms with E-state index in [2.05, 4.69) is 6.07 Å². The van der Waals surface area contributed by atoms with Gasteiger partial charge in [-0.05, 0) is 31.7 Å². The molecule has 0 spiro atoms. The lowest BCUT2D eigenvalue weighted by Crippen LogP contribution is -2.33. The Morgan fingerprint density at radius 2 is 2.00 bits per heavy atom. The van der Waals surface area contributed by atoms with Crippen molar-refractivity contribution in [3.63, 3.8) is 0 Å². The molecule has 2 N–H and O–H groups in total. The summed E-state index contributed by atoms with van der Waals surface area (Å²) in [6, 6.07) is 8.55. The topological polar surface area (TPSA) is 53.0 Å². The standard InChI is InChI=1S/C13H18FN3/c1-10(7-15)9-17(2)13(8-16)11-3-5-12(14)6-4-11/h3-6,10,13H,8-9,16H2,1-2H3. The summed E-state index contributed by atoms with van der Waals surface area (Å²) >= 11 is 0. The Balaban J connectivity index is 2.77. The Kier molecular flexibility index (Phi) is 5.08. The van der Waals surface area contributed by atoms with E-state index >= 15 is 0 Å². The van der Waals surface area contributed by atoms with Crippen LogP contribution in [0.4, 0.5) is 4.39 Å². The van der Waals surface area contributed by atoms with Crippen LogP contribution in [0.3, 0.4) is 0 Å². The Hall–Kier alpha value is -1.44. The number of nitrogens with two attached hydrogens (primary N) is 1. The van der Waals surface area contributed by atoms with Gasteiger partial charge in [-0.3, -0.25) is 4.90 Å². The minimum atomic E-state index is -0.252. The fraction of sp³-hybridized carbons (Fsp3) is 0.462. The van der Waals surface area contributed by atoms with Gasteiger partial charge in [0.25, 0.3) is 0 Å². The molecule has 4 heteroatoms. The molecule has 2 atom stereocenters. The number of nitriles is 1. The summed E-state index contributed by atoms with van der Waals surface area (Å²) in [5.74, 6) is -0.299. The molecule has 1 rings (SSSR count). The van der Waals surface area contributed by atoms with Crippen molar-refractivity contribution in [1.29, 1.82) is 5.26 Å². The van der Waals surface area contributed by atoms with Gasteiger partial charge in [-0.15, -0.1) is 0 Å². The number of rotatable bonds is 5. The Morgan fingerprint density at radius 1 is 1.41 bits per heavy atom. The molecule has 0 radical (unpaired) electrons. The lowest BCUT2D eigenvalue weighted by atomic mass is 10.0. The summed E-state index contributed by atoms with van der Waals surface area (Å²) in [4.78, 5) is 2.03. The summed E-state index contributed by atoms with van der Waals surface area (Å²) in [5, 5.41) is 8.79. The second kappa shape index (κ2) is 6.33. The monoisotopic (exact) mass is 235 g/mol. The summed E-state index contributed by atoms with van der Waals surface area (Å²) in [6.07, 6.45) is 0. The van der Waals surface area contributed by atoms with E-state index < -0.39 is 0 Å². The predicted octanol–water partition coefficient (Wildman–Crippen LogP) is 1.92. The minimum absolute atomic E-state index is 0.0198. The van der Waals surface area contributed by atoms with E-state index in [1.165, 1.54) is 12.1 Å². The van der Waals surface area contributed by atoms with Crippen molar-refractivity contribution < 1.29 is 4.39 Å². The fourth-order valence-electron chi connectivity index (χ4n) is 1.86. The van der Waals surface area contributed by atoms with Gasteiger partial charge in [0, 0.05) is 19.1 Å². The molecule has 0 heterocycles. The lowest BCUT2D eigenvalue weighted by Gasteiger charge is -2.28. The molecule has 0 aliphatic rings. The van der Waals surface area contributed by atoms with Gasteiger partial charge in [0.1, 0.15) is 5.82 Å². The van der Waals surface area contributed by atoms with E-state index in [-0.39, 0.29) is 17.8 Å². The quantitative estimate of drug-likeness (QED) is 0.848. The number of likely N-dealkylation sites (N-methyl/N-ethyl adjacent to an activating group) is 1. The molecule has 3 nitrogen and oxygen atoms in total. The number of hydrogen-bond donors (Lipinski definition) is 1. The number of halogens is 1. The van der Waals surface area contributed by atoms with Gasteiger partial charge in [-0.2, -0.15) is 5.26 Å². The maximum Gasteiger partial charge on any atom is 0.123 e. The van der Waals surface area contributed by atoms with Gasteiger partial charge in [-0.25, -0.2) is 4.39 Å². The van der Waals surface area contributed by atoms with Crippen molar-refractivity contribution in [2.24, 2.45) is 11.7 Å². The zero-order valence-electron chi connectivity index (χ0n) is 10.2. The molecule has 0 saturated heterocycles. The third kappa shape index (κ3) is 3.81. The van der Waals surface area contributed by atoms with Crippen molar-refractivity contribution in [2.75, 3.05) is 20.1 Å². The van der Waals surface area contributed by atoms with E-state index in [9.17, 15) is 4.39 Å². The largest absolute Gasteiger partial charge is 0.329 e. The smallest absolute Gasteiger partial charge is 0.123 e. The molecule has 0 bridgehead atoms. The van der Waals surface area contributed by atoms with Crippen molar-refractivity contribution in [2.45, 2.75) is 13.0 Å². The maximum atomic E-state index is 12.8. The molecule has 0 fully saturated rings. The SMILES string of the molecule is CC(C#N)CN(C)C(CN)c1ccc(F)cc1. The van der Waals surface area contributed by atoms with Crippen LogP contribution in [0.5, 0.6) is 0 Å². The van der Waals surface area contributed by atoms with Crippen LogP contribution in [-0.4, -0.2) is 25.0 Å². The number of nitrogens with zero attached hydrogens (tertiary/aromatic N) is 2. The van der Waals surface area contributed by atoms with Crippen molar-refractivity contribution in [3.05, 3.63) is 35.6 Å². The van der Waals surface area contributed by atoms with Gasteiger partial charge in [0.05, 0.1) is 12.0 Å². The second-order valence-corrected chi connectivity index (χ2v) is 4.27. The Morgan fingerprint density at radius 3 is 2.47 bits per heavy atom. The van der Waals surface area contributed by atoms with Gasteiger partial charge >= 0.3 is 0 Å². The summed E-state index contributed by atoms with van der Waals surface area (Å²) < 4.78 is 12.8. The van der Waals surface area contributed by atoms with Crippen LogP contribution in [0, 0.1) is 23.1 Å². The molecule has 0 aromatic heterocycles. The zero-order valence-corrected chi connectivity index (χ0v) is 10.2. The zero-order chi connectivity index (χ0) is 12.8. The molecule has 2 unspecified atom stereocenters. The first-order valence-electron chi connectivity index (χ1n) is 5.64. The van der Waals surface area contributed by atoms with E-state index in [0.717, 1.165) is 5.56 Å². The van der Waals surface area contributed by atoms with Gasteiger partial charge in [0.15, 0.2) is 0 Å². The minimum Gasteiger partial charge on any atom is -0.329 e. The van der Waals surface area contributed by atoms with Gasteiger partial charge in [0.2, 0.25) is 0 Å². The van der Waals surface area contributed by atoms with Gasteiger partial charge < -0.3 is 5.73 Å². The van der Waals surface area contributed by atoms with E-state index in [1.54, 1.807) is 12.1 Å². The first kappa shape index (κ1) is 13.6. The fourth-order valence-corrected chi connectivity index (χ4v) is 1.86.